The maximum absolute atomic E-state index is 12.6. The quantitative estimate of drug-likeness (QED) is 0.789. The van der Waals surface area contributed by atoms with Crippen LogP contribution < -0.4 is 15.2 Å². The minimum atomic E-state index is -0.173. The van der Waals surface area contributed by atoms with Crippen LogP contribution in [0.3, 0.4) is 0 Å². The number of hydrogen-bond donors (Lipinski definition) is 1. The lowest BCUT2D eigenvalue weighted by atomic mass is 10.1. The SMILES string of the molecule is CCCc1nn(C)c2c(=O)[nH]c(N(C)c3ccc4c(c3)CCO4)nc12. The minimum Gasteiger partial charge on any atom is -0.493 e. The van der Waals surface area contributed by atoms with Crippen molar-refractivity contribution in [3.63, 3.8) is 0 Å². The van der Waals surface area contributed by atoms with Gasteiger partial charge in [0, 0.05) is 26.2 Å². The summed E-state index contributed by atoms with van der Waals surface area (Å²) in [6.45, 7) is 2.81. The van der Waals surface area contributed by atoms with E-state index >= 15 is 0 Å². The number of benzene rings is 1. The Labute approximate surface area is 145 Å². The molecule has 1 aliphatic heterocycles. The molecule has 0 saturated carbocycles. The number of aryl methyl sites for hydroxylation is 2. The molecule has 25 heavy (non-hydrogen) atoms. The molecule has 4 rings (SSSR count). The summed E-state index contributed by atoms with van der Waals surface area (Å²) in [5, 5.41) is 4.46. The van der Waals surface area contributed by atoms with Gasteiger partial charge in [0.1, 0.15) is 11.3 Å². The molecule has 3 heterocycles. The number of fused-ring (bicyclic) bond motifs is 2. The second kappa shape index (κ2) is 5.91. The zero-order valence-corrected chi connectivity index (χ0v) is 14.7. The van der Waals surface area contributed by atoms with Crippen LogP contribution in [-0.4, -0.2) is 33.4 Å². The molecule has 0 amide bonds. The fourth-order valence-corrected chi connectivity index (χ4v) is 3.30. The third kappa shape index (κ3) is 2.56. The highest BCUT2D eigenvalue weighted by Crippen LogP contribution is 2.31. The molecular weight excluding hydrogens is 318 g/mol. The van der Waals surface area contributed by atoms with E-state index in [-0.39, 0.29) is 5.56 Å². The van der Waals surface area contributed by atoms with Gasteiger partial charge in [-0.25, -0.2) is 4.98 Å². The van der Waals surface area contributed by atoms with Crippen LogP contribution in [-0.2, 0) is 19.9 Å². The molecule has 0 saturated heterocycles. The number of aromatic nitrogens is 4. The van der Waals surface area contributed by atoms with Crippen LogP contribution in [0.25, 0.3) is 11.0 Å². The van der Waals surface area contributed by atoms with Crippen molar-refractivity contribution in [2.45, 2.75) is 26.2 Å². The van der Waals surface area contributed by atoms with E-state index in [1.54, 1.807) is 11.7 Å². The first-order chi connectivity index (χ1) is 12.1. The average molecular weight is 339 g/mol. The summed E-state index contributed by atoms with van der Waals surface area (Å²) in [7, 11) is 3.68. The van der Waals surface area contributed by atoms with E-state index in [1.807, 2.05) is 24.1 Å². The van der Waals surface area contributed by atoms with Crippen molar-refractivity contribution in [3.8, 4) is 5.75 Å². The molecule has 1 aromatic carbocycles. The van der Waals surface area contributed by atoms with E-state index < -0.39 is 0 Å². The highest BCUT2D eigenvalue weighted by molar-refractivity contribution is 5.78. The van der Waals surface area contributed by atoms with E-state index in [0.29, 0.717) is 17.0 Å². The molecule has 0 spiro atoms. The summed E-state index contributed by atoms with van der Waals surface area (Å²) in [5.74, 6) is 1.45. The molecule has 130 valence electrons. The summed E-state index contributed by atoms with van der Waals surface area (Å²) >= 11 is 0. The second-order valence-electron chi connectivity index (χ2n) is 6.36. The van der Waals surface area contributed by atoms with Gasteiger partial charge in [-0.2, -0.15) is 5.10 Å². The Balaban J connectivity index is 1.80. The van der Waals surface area contributed by atoms with Crippen LogP contribution >= 0.6 is 0 Å². The molecule has 7 heteroatoms. The Kier molecular flexibility index (Phi) is 3.71. The Morgan fingerprint density at radius 2 is 2.24 bits per heavy atom. The number of ether oxygens (including phenoxy) is 1. The van der Waals surface area contributed by atoms with Gasteiger partial charge in [0.15, 0.2) is 5.52 Å². The third-order valence-corrected chi connectivity index (χ3v) is 4.61. The molecule has 1 N–H and O–H groups in total. The van der Waals surface area contributed by atoms with Gasteiger partial charge in [-0.1, -0.05) is 13.3 Å². The number of nitrogens with one attached hydrogen (secondary N) is 1. The topological polar surface area (TPSA) is 76.0 Å². The normalized spacial score (nSPS) is 13.1. The molecule has 1 aliphatic rings. The zero-order chi connectivity index (χ0) is 17.6. The van der Waals surface area contributed by atoms with Gasteiger partial charge in [-0.05, 0) is 30.2 Å². The highest BCUT2D eigenvalue weighted by atomic mass is 16.5. The predicted octanol–water partition coefficient (Wildman–Crippen LogP) is 2.31. The van der Waals surface area contributed by atoms with Crippen molar-refractivity contribution in [3.05, 3.63) is 39.8 Å². The monoisotopic (exact) mass is 339 g/mol. The van der Waals surface area contributed by atoms with Crippen LogP contribution in [0, 0.1) is 0 Å². The largest absolute Gasteiger partial charge is 0.493 e. The van der Waals surface area contributed by atoms with E-state index in [2.05, 4.69) is 23.1 Å². The highest BCUT2D eigenvalue weighted by Gasteiger charge is 2.18. The molecule has 0 aliphatic carbocycles. The first kappa shape index (κ1) is 15.7. The first-order valence-corrected chi connectivity index (χ1v) is 8.54. The number of H-pyrrole nitrogens is 1. The number of anilines is 2. The summed E-state index contributed by atoms with van der Waals surface area (Å²) in [6.07, 6.45) is 2.66. The van der Waals surface area contributed by atoms with Gasteiger partial charge in [0.25, 0.3) is 5.56 Å². The Morgan fingerprint density at radius 1 is 1.40 bits per heavy atom. The number of nitrogens with zero attached hydrogens (tertiary/aromatic N) is 4. The van der Waals surface area contributed by atoms with Crippen molar-refractivity contribution in [1.82, 2.24) is 19.7 Å². The van der Waals surface area contributed by atoms with Crippen molar-refractivity contribution in [1.29, 1.82) is 0 Å². The van der Waals surface area contributed by atoms with Crippen LogP contribution in [0.15, 0.2) is 23.0 Å². The van der Waals surface area contributed by atoms with Gasteiger partial charge in [-0.3, -0.25) is 14.5 Å². The van der Waals surface area contributed by atoms with Gasteiger partial charge >= 0.3 is 0 Å². The minimum absolute atomic E-state index is 0.173. The second-order valence-corrected chi connectivity index (χ2v) is 6.36. The summed E-state index contributed by atoms with van der Waals surface area (Å²) in [4.78, 5) is 22.0. The molecule has 0 bridgehead atoms. The van der Waals surface area contributed by atoms with Gasteiger partial charge in [0.2, 0.25) is 5.95 Å². The van der Waals surface area contributed by atoms with E-state index in [9.17, 15) is 4.79 Å². The molecule has 3 aromatic rings. The molecule has 2 aromatic heterocycles. The van der Waals surface area contributed by atoms with E-state index in [1.165, 1.54) is 5.56 Å². The lowest BCUT2D eigenvalue weighted by Crippen LogP contribution is -2.19. The van der Waals surface area contributed by atoms with Gasteiger partial charge in [-0.15, -0.1) is 0 Å². The van der Waals surface area contributed by atoms with Crippen molar-refractivity contribution >= 4 is 22.7 Å². The van der Waals surface area contributed by atoms with Crippen LogP contribution in [0.2, 0.25) is 0 Å². The lowest BCUT2D eigenvalue weighted by molar-refractivity contribution is 0.357. The van der Waals surface area contributed by atoms with Gasteiger partial charge in [0.05, 0.1) is 12.3 Å². The fourth-order valence-electron chi connectivity index (χ4n) is 3.30. The lowest BCUT2D eigenvalue weighted by Gasteiger charge is -2.18. The van der Waals surface area contributed by atoms with Crippen LogP contribution in [0.4, 0.5) is 11.6 Å². The maximum atomic E-state index is 12.6. The number of hydrogen-bond acceptors (Lipinski definition) is 5. The van der Waals surface area contributed by atoms with Gasteiger partial charge < -0.3 is 9.64 Å². The molecule has 7 nitrogen and oxygen atoms in total. The first-order valence-electron chi connectivity index (χ1n) is 8.54. The molecule has 0 fully saturated rings. The average Bonchev–Trinajstić information content (AvgIpc) is 3.18. The summed E-state index contributed by atoms with van der Waals surface area (Å²) in [6, 6.07) is 6.03. The predicted molar refractivity (Wildman–Crippen MR) is 96.8 cm³/mol. The zero-order valence-electron chi connectivity index (χ0n) is 14.7. The van der Waals surface area contributed by atoms with Crippen molar-refractivity contribution in [2.75, 3.05) is 18.6 Å². The van der Waals surface area contributed by atoms with E-state index in [0.717, 1.165) is 43.0 Å². The van der Waals surface area contributed by atoms with Crippen LogP contribution in [0.5, 0.6) is 5.75 Å². The van der Waals surface area contributed by atoms with Crippen molar-refractivity contribution in [2.24, 2.45) is 7.05 Å². The molecule has 0 unspecified atom stereocenters. The Bertz CT molecular complexity index is 1000. The summed E-state index contributed by atoms with van der Waals surface area (Å²) in [5.41, 5.74) is 4.03. The van der Waals surface area contributed by atoms with E-state index in [4.69, 9.17) is 9.72 Å². The fraction of sp³-hybridized carbons (Fsp3) is 0.389. The molecule has 0 atom stereocenters. The smallest absolute Gasteiger partial charge is 0.278 e. The Morgan fingerprint density at radius 3 is 3.04 bits per heavy atom. The number of aromatic amines is 1. The Hall–Kier alpha value is -2.83. The maximum Gasteiger partial charge on any atom is 0.278 e. The third-order valence-electron chi connectivity index (χ3n) is 4.61. The standard InChI is InChI=1S/C18H21N5O2/c1-4-5-13-15-16(23(3)21-13)17(24)20-18(19-15)22(2)12-6-7-14-11(10-12)8-9-25-14/h6-7,10H,4-5,8-9H2,1-3H3,(H,19,20,24). The van der Waals surface area contributed by atoms with Crippen LogP contribution in [0.1, 0.15) is 24.6 Å². The number of rotatable bonds is 4. The summed E-state index contributed by atoms with van der Waals surface area (Å²) < 4.78 is 7.17. The molecular formula is C18H21N5O2. The van der Waals surface area contributed by atoms with Crippen molar-refractivity contribution < 1.29 is 4.74 Å². The molecule has 0 radical (unpaired) electrons.